The molecule has 0 unspecified atom stereocenters. The minimum atomic E-state index is -0.00986. The SMILES string of the molecule is CC.COc1ccn(C)c(=O)c1C. The molecule has 0 atom stereocenters. The molecule has 13 heavy (non-hydrogen) atoms. The zero-order valence-corrected chi connectivity index (χ0v) is 8.92. The zero-order chi connectivity index (χ0) is 10.4. The highest BCUT2D eigenvalue weighted by atomic mass is 16.5. The molecule has 0 aliphatic rings. The van der Waals surface area contributed by atoms with Gasteiger partial charge in [0.25, 0.3) is 5.56 Å². The van der Waals surface area contributed by atoms with Crippen molar-refractivity contribution in [1.82, 2.24) is 4.57 Å². The van der Waals surface area contributed by atoms with Crippen LogP contribution in [0.15, 0.2) is 17.1 Å². The topological polar surface area (TPSA) is 31.2 Å². The predicted octanol–water partition coefficient (Wildman–Crippen LogP) is 1.73. The van der Waals surface area contributed by atoms with Crippen LogP contribution < -0.4 is 10.3 Å². The van der Waals surface area contributed by atoms with Crippen LogP contribution in [0.5, 0.6) is 5.75 Å². The Morgan fingerprint density at radius 2 is 1.92 bits per heavy atom. The van der Waals surface area contributed by atoms with Crippen molar-refractivity contribution < 1.29 is 4.74 Å². The number of pyridine rings is 1. The average Bonchev–Trinajstić information content (AvgIpc) is 2.18. The van der Waals surface area contributed by atoms with Gasteiger partial charge in [-0.2, -0.15) is 0 Å². The minimum absolute atomic E-state index is 0.00986. The lowest BCUT2D eigenvalue weighted by Crippen LogP contribution is -2.18. The van der Waals surface area contributed by atoms with Gasteiger partial charge in [-0.05, 0) is 13.0 Å². The second kappa shape index (κ2) is 5.41. The Kier molecular flexibility index (Phi) is 4.89. The van der Waals surface area contributed by atoms with Gasteiger partial charge in [0.15, 0.2) is 0 Å². The summed E-state index contributed by atoms with van der Waals surface area (Å²) in [4.78, 5) is 11.2. The molecule has 0 spiro atoms. The van der Waals surface area contributed by atoms with E-state index in [-0.39, 0.29) is 5.56 Å². The van der Waals surface area contributed by atoms with E-state index in [4.69, 9.17) is 4.74 Å². The van der Waals surface area contributed by atoms with Crippen molar-refractivity contribution in [3.63, 3.8) is 0 Å². The van der Waals surface area contributed by atoms with E-state index in [1.54, 1.807) is 33.3 Å². The minimum Gasteiger partial charge on any atom is -0.496 e. The third kappa shape index (κ3) is 2.61. The number of rotatable bonds is 1. The van der Waals surface area contributed by atoms with E-state index in [9.17, 15) is 4.79 Å². The molecule has 0 amide bonds. The first kappa shape index (κ1) is 11.8. The molecule has 3 nitrogen and oxygen atoms in total. The lowest BCUT2D eigenvalue weighted by Gasteiger charge is -2.04. The molecule has 1 aromatic rings. The molecule has 3 heteroatoms. The van der Waals surface area contributed by atoms with Crippen molar-refractivity contribution in [1.29, 1.82) is 0 Å². The van der Waals surface area contributed by atoms with Crippen LogP contribution in [0.4, 0.5) is 0 Å². The maximum absolute atomic E-state index is 11.2. The van der Waals surface area contributed by atoms with E-state index >= 15 is 0 Å². The number of ether oxygens (including phenoxy) is 1. The fourth-order valence-corrected chi connectivity index (χ4v) is 0.963. The molecule has 0 saturated carbocycles. The molecule has 0 aliphatic heterocycles. The molecule has 0 fully saturated rings. The first-order valence-corrected chi connectivity index (χ1v) is 4.37. The molecule has 0 radical (unpaired) electrons. The highest BCUT2D eigenvalue weighted by Crippen LogP contribution is 2.10. The lowest BCUT2D eigenvalue weighted by atomic mass is 10.3. The van der Waals surface area contributed by atoms with Crippen LogP contribution in [0.3, 0.4) is 0 Å². The first-order valence-electron chi connectivity index (χ1n) is 4.37. The van der Waals surface area contributed by atoms with Gasteiger partial charge in [0.05, 0.1) is 12.7 Å². The third-order valence-corrected chi connectivity index (χ3v) is 1.68. The van der Waals surface area contributed by atoms with Crippen LogP contribution in [0.1, 0.15) is 19.4 Å². The molecule has 0 saturated heterocycles. The summed E-state index contributed by atoms with van der Waals surface area (Å²) in [5.41, 5.74) is 0.641. The van der Waals surface area contributed by atoms with Crippen LogP contribution >= 0.6 is 0 Å². The van der Waals surface area contributed by atoms with E-state index < -0.39 is 0 Å². The monoisotopic (exact) mass is 183 g/mol. The Hall–Kier alpha value is -1.25. The summed E-state index contributed by atoms with van der Waals surface area (Å²) in [7, 11) is 3.27. The normalized spacial score (nSPS) is 8.69. The second-order valence-electron chi connectivity index (χ2n) is 2.43. The van der Waals surface area contributed by atoms with Gasteiger partial charge in [-0.15, -0.1) is 0 Å². The largest absolute Gasteiger partial charge is 0.496 e. The van der Waals surface area contributed by atoms with Gasteiger partial charge in [-0.1, -0.05) is 13.8 Å². The fourth-order valence-electron chi connectivity index (χ4n) is 0.963. The van der Waals surface area contributed by atoms with Gasteiger partial charge in [-0.25, -0.2) is 0 Å². The Balaban J connectivity index is 0.000000671. The molecule has 0 bridgehead atoms. The number of aryl methyl sites for hydroxylation is 1. The molecule has 0 N–H and O–H groups in total. The average molecular weight is 183 g/mol. The number of aromatic nitrogens is 1. The van der Waals surface area contributed by atoms with Crippen molar-refractivity contribution in [3.05, 3.63) is 28.2 Å². The van der Waals surface area contributed by atoms with Crippen LogP contribution in [-0.2, 0) is 7.05 Å². The van der Waals surface area contributed by atoms with Crippen molar-refractivity contribution in [2.75, 3.05) is 7.11 Å². The lowest BCUT2D eigenvalue weighted by molar-refractivity contribution is 0.409. The fraction of sp³-hybridized carbons (Fsp3) is 0.500. The van der Waals surface area contributed by atoms with Gasteiger partial charge in [-0.3, -0.25) is 4.79 Å². The molecular weight excluding hydrogens is 166 g/mol. The molecule has 1 rings (SSSR count). The summed E-state index contributed by atoms with van der Waals surface area (Å²) in [5, 5.41) is 0. The highest BCUT2D eigenvalue weighted by Gasteiger charge is 2.01. The Morgan fingerprint density at radius 1 is 1.38 bits per heavy atom. The molecule has 74 valence electrons. The number of hydrogen-bond donors (Lipinski definition) is 0. The predicted molar refractivity (Wildman–Crippen MR) is 54.3 cm³/mol. The van der Waals surface area contributed by atoms with Gasteiger partial charge in [0.2, 0.25) is 0 Å². The first-order chi connectivity index (χ1) is 6.16. The molecule has 1 aromatic heterocycles. The van der Waals surface area contributed by atoms with Gasteiger partial charge in [0.1, 0.15) is 5.75 Å². The van der Waals surface area contributed by atoms with Gasteiger partial charge >= 0.3 is 0 Å². The Labute approximate surface area is 79.0 Å². The molecule has 1 heterocycles. The summed E-state index contributed by atoms with van der Waals surface area (Å²) in [6.07, 6.45) is 1.69. The van der Waals surface area contributed by atoms with Crippen molar-refractivity contribution in [3.8, 4) is 5.75 Å². The smallest absolute Gasteiger partial charge is 0.256 e. The van der Waals surface area contributed by atoms with Crippen LogP contribution in [-0.4, -0.2) is 11.7 Å². The van der Waals surface area contributed by atoms with E-state index in [1.807, 2.05) is 13.8 Å². The van der Waals surface area contributed by atoms with E-state index in [2.05, 4.69) is 0 Å². The number of hydrogen-bond acceptors (Lipinski definition) is 2. The van der Waals surface area contributed by atoms with Crippen molar-refractivity contribution in [2.24, 2.45) is 7.05 Å². The summed E-state index contributed by atoms with van der Waals surface area (Å²) in [6.45, 7) is 5.75. The molecule has 0 aliphatic carbocycles. The standard InChI is InChI=1S/C8H11NO2.C2H6/c1-6-7(11-3)4-5-9(2)8(6)10;1-2/h4-5H,1-3H3;1-2H3. The van der Waals surface area contributed by atoms with Crippen molar-refractivity contribution in [2.45, 2.75) is 20.8 Å². The van der Waals surface area contributed by atoms with E-state index in [0.29, 0.717) is 11.3 Å². The van der Waals surface area contributed by atoms with Crippen molar-refractivity contribution >= 4 is 0 Å². The van der Waals surface area contributed by atoms with E-state index in [0.717, 1.165) is 0 Å². The maximum atomic E-state index is 11.2. The molecular formula is C10H17NO2. The highest BCUT2D eigenvalue weighted by molar-refractivity contribution is 5.28. The zero-order valence-electron chi connectivity index (χ0n) is 8.92. The quantitative estimate of drug-likeness (QED) is 0.664. The Bertz CT molecular complexity index is 315. The number of nitrogens with zero attached hydrogens (tertiary/aromatic N) is 1. The summed E-state index contributed by atoms with van der Waals surface area (Å²) in [6, 6.07) is 1.77. The van der Waals surface area contributed by atoms with Crippen LogP contribution in [0.2, 0.25) is 0 Å². The van der Waals surface area contributed by atoms with E-state index in [1.165, 1.54) is 4.57 Å². The second-order valence-corrected chi connectivity index (χ2v) is 2.43. The summed E-state index contributed by atoms with van der Waals surface area (Å²) in [5.74, 6) is 0.646. The van der Waals surface area contributed by atoms with Gasteiger partial charge < -0.3 is 9.30 Å². The summed E-state index contributed by atoms with van der Waals surface area (Å²) < 4.78 is 6.49. The molecule has 0 aromatic carbocycles. The third-order valence-electron chi connectivity index (χ3n) is 1.68. The van der Waals surface area contributed by atoms with Crippen LogP contribution in [0.25, 0.3) is 0 Å². The number of methoxy groups -OCH3 is 1. The Morgan fingerprint density at radius 3 is 2.38 bits per heavy atom. The van der Waals surface area contributed by atoms with Crippen LogP contribution in [0, 0.1) is 6.92 Å². The maximum Gasteiger partial charge on any atom is 0.256 e. The van der Waals surface area contributed by atoms with Gasteiger partial charge in [0, 0.05) is 13.2 Å². The summed E-state index contributed by atoms with van der Waals surface area (Å²) >= 11 is 0.